The maximum absolute atomic E-state index is 8.94. The Morgan fingerprint density at radius 2 is 1.83 bits per heavy atom. The summed E-state index contributed by atoms with van der Waals surface area (Å²) in [4.78, 5) is 0. The molecule has 5 heteroatoms. The van der Waals surface area contributed by atoms with Crippen LogP contribution in [0.4, 0.5) is 0 Å². The van der Waals surface area contributed by atoms with E-state index in [9.17, 15) is 0 Å². The largest absolute Gasteiger partial charge is 0.636 e. The van der Waals surface area contributed by atoms with E-state index in [2.05, 4.69) is 18.5 Å². The van der Waals surface area contributed by atoms with Gasteiger partial charge in [-0.15, -0.1) is 0 Å². The normalized spacial score (nSPS) is 10.8. The van der Waals surface area contributed by atoms with Crippen molar-refractivity contribution >= 4 is 7.32 Å². The SMILES string of the molecule is CC(C)CCOB(O)OCCO. The molecule has 0 aromatic carbocycles. The monoisotopic (exact) mass is 176 g/mol. The van der Waals surface area contributed by atoms with Crippen molar-refractivity contribution in [1.82, 2.24) is 0 Å². The van der Waals surface area contributed by atoms with Gasteiger partial charge in [-0.25, -0.2) is 0 Å². The Morgan fingerprint density at radius 1 is 1.25 bits per heavy atom. The topological polar surface area (TPSA) is 58.9 Å². The van der Waals surface area contributed by atoms with Gasteiger partial charge >= 0.3 is 7.32 Å². The molecule has 0 heterocycles. The maximum atomic E-state index is 8.94. The average Bonchev–Trinajstić information content (AvgIpc) is 2.00. The lowest BCUT2D eigenvalue weighted by Gasteiger charge is -2.08. The molecule has 0 aliphatic heterocycles. The first-order valence-corrected chi connectivity index (χ1v) is 4.19. The molecule has 0 aromatic rings. The molecule has 0 spiro atoms. The Morgan fingerprint density at radius 3 is 2.33 bits per heavy atom. The standard InChI is InChI=1S/C7H17BO4/c1-7(2)3-5-11-8(10)12-6-4-9/h7,9-10H,3-6H2,1-2H3. The van der Waals surface area contributed by atoms with Gasteiger partial charge in [0.15, 0.2) is 0 Å². The molecule has 0 rings (SSSR count). The lowest BCUT2D eigenvalue weighted by molar-refractivity contribution is 0.104. The van der Waals surface area contributed by atoms with Gasteiger partial charge < -0.3 is 19.4 Å². The van der Waals surface area contributed by atoms with Crippen LogP contribution in [-0.4, -0.2) is 37.3 Å². The highest BCUT2D eigenvalue weighted by atomic mass is 16.7. The minimum absolute atomic E-state index is 0.100. The summed E-state index contributed by atoms with van der Waals surface area (Å²) >= 11 is 0. The van der Waals surface area contributed by atoms with E-state index >= 15 is 0 Å². The summed E-state index contributed by atoms with van der Waals surface area (Å²) in [5, 5.41) is 17.3. The van der Waals surface area contributed by atoms with Gasteiger partial charge in [-0.05, 0) is 12.3 Å². The van der Waals surface area contributed by atoms with Gasteiger partial charge in [-0.3, -0.25) is 0 Å². The first-order chi connectivity index (χ1) is 5.66. The Labute approximate surface area is 73.7 Å². The van der Waals surface area contributed by atoms with E-state index in [1.165, 1.54) is 0 Å². The third-order valence-electron chi connectivity index (χ3n) is 1.31. The van der Waals surface area contributed by atoms with Gasteiger partial charge in [-0.2, -0.15) is 0 Å². The van der Waals surface area contributed by atoms with Crippen LogP contribution in [0.5, 0.6) is 0 Å². The third-order valence-corrected chi connectivity index (χ3v) is 1.31. The highest BCUT2D eigenvalue weighted by molar-refractivity contribution is 6.34. The molecule has 2 N–H and O–H groups in total. The van der Waals surface area contributed by atoms with E-state index in [1.807, 2.05) is 0 Å². The highest BCUT2D eigenvalue weighted by Crippen LogP contribution is 1.99. The van der Waals surface area contributed by atoms with Crippen LogP contribution in [0.15, 0.2) is 0 Å². The van der Waals surface area contributed by atoms with Gasteiger partial charge in [0.2, 0.25) is 0 Å². The number of rotatable bonds is 7. The van der Waals surface area contributed by atoms with Crippen LogP contribution in [0.25, 0.3) is 0 Å². The van der Waals surface area contributed by atoms with Crippen LogP contribution in [0, 0.1) is 5.92 Å². The van der Waals surface area contributed by atoms with Crippen LogP contribution >= 0.6 is 0 Å². The molecular formula is C7H17BO4. The highest BCUT2D eigenvalue weighted by Gasteiger charge is 2.14. The zero-order valence-corrected chi connectivity index (χ0v) is 7.69. The molecule has 72 valence electrons. The fourth-order valence-electron chi connectivity index (χ4n) is 0.606. The quantitative estimate of drug-likeness (QED) is 0.537. The van der Waals surface area contributed by atoms with Crippen molar-refractivity contribution in [3.63, 3.8) is 0 Å². The van der Waals surface area contributed by atoms with Crippen molar-refractivity contribution in [3.05, 3.63) is 0 Å². The molecule has 0 saturated carbocycles. The van der Waals surface area contributed by atoms with Gasteiger partial charge in [0.25, 0.3) is 0 Å². The predicted molar refractivity (Wildman–Crippen MR) is 46.4 cm³/mol. The Balaban J connectivity index is 3.13. The second-order valence-corrected chi connectivity index (χ2v) is 2.95. The van der Waals surface area contributed by atoms with Crippen molar-refractivity contribution < 1.29 is 19.4 Å². The summed E-state index contributed by atoms with van der Waals surface area (Å²) in [7, 11) is -1.20. The van der Waals surface area contributed by atoms with Crippen LogP contribution in [0.1, 0.15) is 20.3 Å². The minimum Gasteiger partial charge on any atom is -0.402 e. The number of hydrogen-bond donors (Lipinski definition) is 2. The predicted octanol–water partition coefficient (Wildman–Crippen LogP) is 0.0352. The Hall–Kier alpha value is -0.0951. The molecule has 0 aliphatic rings. The molecule has 0 unspecified atom stereocenters. The minimum atomic E-state index is -1.20. The second-order valence-electron chi connectivity index (χ2n) is 2.95. The summed E-state index contributed by atoms with van der Waals surface area (Å²) in [6, 6.07) is 0. The van der Waals surface area contributed by atoms with E-state index in [-0.39, 0.29) is 13.2 Å². The van der Waals surface area contributed by atoms with E-state index in [4.69, 9.17) is 14.8 Å². The van der Waals surface area contributed by atoms with Gasteiger partial charge in [0.05, 0.1) is 13.2 Å². The van der Waals surface area contributed by atoms with Crippen LogP contribution in [0.2, 0.25) is 0 Å². The number of aliphatic hydroxyl groups excluding tert-OH is 1. The lowest BCUT2D eigenvalue weighted by Crippen LogP contribution is -2.25. The summed E-state index contributed by atoms with van der Waals surface area (Å²) in [6.45, 7) is 4.62. The van der Waals surface area contributed by atoms with Crippen LogP contribution in [0.3, 0.4) is 0 Å². The fraction of sp³-hybridized carbons (Fsp3) is 1.00. The molecule has 0 aromatic heterocycles. The van der Waals surface area contributed by atoms with E-state index in [1.54, 1.807) is 0 Å². The fourth-order valence-corrected chi connectivity index (χ4v) is 0.606. The van der Waals surface area contributed by atoms with Crippen molar-refractivity contribution in [1.29, 1.82) is 0 Å². The summed E-state index contributed by atoms with van der Waals surface area (Å²) in [5.41, 5.74) is 0. The van der Waals surface area contributed by atoms with Crippen molar-refractivity contribution in [2.45, 2.75) is 20.3 Å². The molecule has 4 nitrogen and oxygen atoms in total. The molecule has 0 bridgehead atoms. The van der Waals surface area contributed by atoms with Gasteiger partial charge in [0, 0.05) is 6.61 Å². The van der Waals surface area contributed by atoms with Crippen molar-refractivity contribution in [2.75, 3.05) is 19.8 Å². The molecular weight excluding hydrogens is 159 g/mol. The van der Waals surface area contributed by atoms with E-state index in [0.29, 0.717) is 12.5 Å². The molecule has 0 amide bonds. The van der Waals surface area contributed by atoms with Crippen LogP contribution in [-0.2, 0) is 9.31 Å². The molecule has 12 heavy (non-hydrogen) atoms. The van der Waals surface area contributed by atoms with E-state index < -0.39 is 7.32 Å². The first-order valence-electron chi connectivity index (χ1n) is 4.19. The van der Waals surface area contributed by atoms with Crippen molar-refractivity contribution in [2.24, 2.45) is 5.92 Å². The Kier molecular flexibility index (Phi) is 7.49. The summed E-state index contributed by atoms with van der Waals surface area (Å²) in [6.07, 6.45) is 0.888. The average molecular weight is 176 g/mol. The van der Waals surface area contributed by atoms with E-state index in [0.717, 1.165) is 6.42 Å². The van der Waals surface area contributed by atoms with Gasteiger partial charge in [-0.1, -0.05) is 13.8 Å². The number of hydrogen-bond acceptors (Lipinski definition) is 4. The van der Waals surface area contributed by atoms with Gasteiger partial charge in [0.1, 0.15) is 0 Å². The zero-order valence-electron chi connectivity index (χ0n) is 7.69. The zero-order chi connectivity index (χ0) is 9.40. The molecule has 0 fully saturated rings. The third kappa shape index (κ3) is 8.01. The Bertz CT molecular complexity index is 99.4. The molecule has 0 saturated heterocycles. The van der Waals surface area contributed by atoms with Crippen LogP contribution < -0.4 is 0 Å². The molecule has 0 atom stereocenters. The number of aliphatic hydroxyl groups is 1. The lowest BCUT2D eigenvalue weighted by atomic mass is 10.1. The first kappa shape index (κ1) is 11.9. The molecule has 0 radical (unpaired) electrons. The second kappa shape index (κ2) is 7.55. The maximum Gasteiger partial charge on any atom is 0.636 e. The summed E-state index contributed by atoms with van der Waals surface area (Å²) in [5.74, 6) is 0.551. The summed E-state index contributed by atoms with van der Waals surface area (Å²) < 4.78 is 9.53. The van der Waals surface area contributed by atoms with Crippen molar-refractivity contribution in [3.8, 4) is 0 Å². The smallest absolute Gasteiger partial charge is 0.402 e. The molecule has 0 aliphatic carbocycles.